The zero-order valence-corrected chi connectivity index (χ0v) is 9.75. The number of aromatic nitrogens is 2. The second-order valence-electron chi connectivity index (χ2n) is 4.09. The van der Waals surface area contributed by atoms with Crippen molar-refractivity contribution in [3.8, 4) is 0 Å². The van der Waals surface area contributed by atoms with E-state index in [0.717, 1.165) is 32.3 Å². The minimum absolute atomic E-state index is 0.260. The van der Waals surface area contributed by atoms with Gasteiger partial charge in [-0.25, -0.2) is 4.98 Å². The summed E-state index contributed by atoms with van der Waals surface area (Å²) < 4.78 is 5.27. The number of hydrogen-bond donors (Lipinski definition) is 3. The van der Waals surface area contributed by atoms with Gasteiger partial charge in [0.05, 0.1) is 5.56 Å². The van der Waals surface area contributed by atoms with Crippen LogP contribution >= 0.6 is 0 Å². The van der Waals surface area contributed by atoms with Crippen molar-refractivity contribution in [3.63, 3.8) is 0 Å². The molecule has 0 spiro atoms. The summed E-state index contributed by atoms with van der Waals surface area (Å²) >= 11 is 0. The number of nitrogens with zero attached hydrogens (tertiary/aromatic N) is 1. The maximum absolute atomic E-state index is 11.6. The largest absolute Gasteiger partial charge is 0.381 e. The van der Waals surface area contributed by atoms with Gasteiger partial charge in [0.15, 0.2) is 0 Å². The predicted molar refractivity (Wildman–Crippen MR) is 64.9 cm³/mol. The Kier molecular flexibility index (Phi) is 3.53. The highest BCUT2D eigenvalue weighted by Gasteiger charge is 2.16. The molecule has 0 saturated carbocycles. The van der Waals surface area contributed by atoms with E-state index in [2.05, 4.69) is 15.3 Å². The molecule has 17 heavy (non-hydrogen) atoms. The van der Waals surface area contributed by atoms with Crippen molar-refractivity contribution in [1.82, 2.24) is 9.97 Å². The van der Waals surface area contributed by atoms with Crippen molar-refractivity contribution in [3.05, 3.63) is 21.7 Å². The van der Waals surface area contributed by atoms with E-state index in [1.807, 2.05) is 0 Å². The molecule has 2 rings (SSSR count). The van der Waals surface area contributed by atoms with Gasteiger partial charge < -0.3 is 20.4 Å². The fraction of sp³-hybridized carbons (Fsp3) is 0.545. The Morgan fingerprint density at radius 2 is 2.24 bits per heavy atom. The van der Waals surface area contributed by atoms with Gasteiger partial charge in [0, 0.05) is 25.5 Å². The molecule has 3 N–H and O–H groups in total. The van der Waals surface area contributed by atoms with Crippen molar-refractivity contribution >= 4 is 12.0 Å². The molecule has 1 fully saturated rings. The Balaban J connectivity index is 2.24. The summed E-state index contributed by atoms with van der Waals surface area (Å²) in [6.07, 6.45) is 2.82. The van der Waals surface area contributed by atoms with Crippen molar-refractivity contribution in [2.75, 3.05) is 18.5 Å². The molecule has 1 aliphatic rings. The zero-order chi connectivity index (χ0) is 12.3. The van der Waals surface area contributed by atoms with Gasteiger partial charge in [0.25, 0.3) is 5.56 Å². The molecular formula is C11H16N4O2. The predicted octanol–water partition coefficient (Wildman–Crippen LogP) is 0.667. The van der Waals surface area contributed by atoms with Crippen LogP contribution in [-0.4, -0.2) is 35.4 Å². The Bertz CT molecular complexity index is 463. The minimum atomic E-state index is -0.276. The van der Waals surface area contributed by atoms with Gasteiger partial charge in [0.2, 0.25) is 0 Å². The third-order valence-electron chi connectivity index (χ3n) is 2.78. The molecule has 0 aromatic carbocycles. The lowest BCUT2D eigenvalue weighted by atomic mass is 10.1. The normalized spacial score (nSPS) is 16.8. The van der Waals surface area contributed by atoms with E-state index in [9.17, 15) is 4.79 Å². The van der Waals surface area contributed by atoms with Crippen molar-refractivity contribution in [2.45, 2.75) is 25.8 Å². The number of anilines is 1. The maximum atomic E-state index is 11.6. The van der Waals surface area contributed by atoms with Crippen LogP contribution in [0.3, 0.4) is 0 Å². The van der Waals surface area contributed by atoms with E-state index in [4.69, 9.17) is 10.1 Å². The molecule has 0 radical (unpaired) electrons. The molecular weight excluding hydrogens is 220 g/mol. The first-order valence-electron chi connectivity index (χ1n) is 5.66. The Morgan fingerprint density at radius 3 is 2.88 bits per heavy atom. The number of aryl methyl sites for hydroxylation is 1. The first-order chi connectivity index (χ1) is 8.20. The maximum Gasteiger partial charge on any atom is 0.261 e. The van der Waals surface area contributed by atoms with E-state index < -0.39 is 0 Å². The molecule has 0 amide bonds. The number of ether oxygens (including phenoxy) is 1. The van der Waals surface area contributed by atoms with Crippen LogP contribution in [0, 0.1) is 12.3 Å². The van der Waals surface area contributed by atoms with E-state index in [-0.39, 0.29) is 17.2 Å². The number of aromatic amines is 1. The first-order valence-corrected chi connectivity index (χ1v) is 5.66. The molecule has 0 atom stereocenters. The van der Waals surface area contributed by atoms with E-state index >= 15 is 0 Å². The third-order valence-corrected chi connectivity index (χ3v) is 2.78. The third kappa shape index (κ3) is 2.71. The minimum Gasteiger partial charge on any atom is -0.381 e. The average Bonchev–Trinajstić information content (AvgIpc) is 2.30. The van der Waals surface area contributed by atoms with E-state index in [1.165, 1.54) is 0 Å². The Hall–Kier alpha value is -1.69. The van der Waals surface area contributed by atoms with Gasteiger partial charge in [-0.05, 0) is 19.8 Å². The second kappa shape index (κ2) is 5.09. The van der Waals surface area contributed by atoms with Crippen LogP contribution in [0.5, 0.6) is 0 Å². The fourth-order valence-electron chi connectivity index (χ4n) is 1.87. The molecule has 1 aromatic heterocycles. The molecule has 1 aliphatic heterocycles. The van der Waals surface area contributed by atoms with Gasteiger partial charge in [-0.1, -0.05) is 0 Å². The van der Waals surface area contributed by atoms with E-state index in [0.29, 0.717) is 11.6 Å². The number of nitrogens with one attached hydrogen (secondary N) is 3. The van der Waals surface area contributed by atoms with Crippen LogP contribution < -0.4 is 10.9 Å². The average molecular weight is 236 g/mol. The molecule has 0 unspecified atom stereocenters. The number of hydrogen-bond acceptors (Lipinski definition) is 5. The topological polar surface area (TPSA) is 90.9 Å². The van der Waals surface area contributed by atoms with Crippen molar-refractivity contribution in [2.24, 2.45) is 0 Å². The second-order valence-corrected chi connectivity index (χ2v) is 4.09. The summed E-state index contributed by atoms with van der Waals surface area (Å²) in [5.41, 5.74) is 0.00384. The van der Waals surface area contributed by atoms with Crippen LogP contribution in [0.4, 0.5) is 5.82 Å². The quantitative estimate of drug-likeness (QED) is 0.673. The number of rotatable bonds is 3. The summed E-state index contributed by atoms with van der Waals surface area (Å²) in [5, 5.41) is 10.5. The lowest BCUT2D eigenvalue weighted by Crippen LogP contribution is -2.30. The number of H-pyrrole nitrogens is 1. The highest BCUT2D eigenvalue weighted by molar-refractivity contribution is 5.83. The smallest absolute Gasteiger partial charge is 0.261 e. The Morgan fingerprint density at radius 1 is 1.53 bits per heavy atom. The van der Waals surface area contributed by atoms with Crippen LogP contribution in [-0.2, 0) is 4.74 Å². The lowest BCUT2D eigenvalue weighted by Gasteiger charge is -2.24. The highest BCUT2D eigenvalue weighted by atomic mass is 16.5. The van der Waals surface area contributed by atoms with Crippen LogP contribution in [0.2, 0.25) is 0 Å². The van der Waals surface area contributed by atoms with Gasteiger partial charge in [-0.2, -0.15) is 0 Å². The summed E-state index contributed by atoms with van der Waals surface area (Å²) in [7, 11) is 0. The zero-order valence-electron chi connectivity index (χ0n) is 9.75. The molecule has 0 aliphatic carbocycles. The molecule has 1 aromatic rings. The molecule has 92 valence electrons. The monoisotopic (exact) mass is 236 g/mol. The summed E-state index contributed by atoms with van der Waals surface area (Å²) in [6.45, 7) is 3.17. The SMILES string of the molecule is Cc1nc(NC2CCOCC2)c(C=N)c(=O)[nH]1. The molecule has 2 heterocycles. The van der Waals surface area contributed by atoms with Crippen molar-refractivity contribution in [1.29, 1.82) is 5.41 Å². The van der Waals surface area contributed by atoms with Crippen LogP contribution in [0.1, 0.15) is 24.2 Å². The standard InChI is InChI=1S/C11H16N4O2/c1-7-13-10(9(6-12)11(16)14-7)15-8-2-4-17-5-3-8/h6,8,12H,2-5H2,1H3,(H2,13,14,15,16). The Labute approximate surface area is 98.9 Å². The molecule has 0 bridgehead atoms. The first kappa shape index (κ1) is 11.8. The summed E-state index contributed by atoms with van der Waals surface area (Å²) in [5.74, 6) is 1.04. The van der Waals surface area contributed by atoms with Gasteiger partial charge in [0.1, 0.15) is 11.6 Å². The van der Waals surface area contributed by atoms with Crippen molar-refractivity contribution < 1.29 is 4.74 Å². The van der Waals surface area contributed by atoms with Gasteiger partial charge in [-0.15, -0.1) is 0 Å². The van der Waals surface area contributed by atoms with Gasteiger partial charge in [-0.3, -0.25) is 4.79 Å². The molecule has 6 heteroatoms. The molecule has 1 saturated heterocycles. The van der Waals surface area contributed by atoms with Crippen LogP contribution in [0.25, 0.3) is 0 Å². The summed E-state index contributed by atoms with van der Waals surface area (Å²) in [4.78, 5) is 18.4. The fourth-order valence-corrected chi connectivity index (χ4v) is 1.87. The van der Waals surface area contributed by atoms with Gasteiger partial charge >= 0.3 is 0 Å². The lowest BCUT2D eigenvalue weighted by molar-refractivity contribution is 0.0904. The van der Waals surface area contributed by atoms with Crippen LogP contribution in [0.15, 0.2) is 4.79 Å². The summed E-state index contributed by atoms with van der Waals surface area (Å²) in [6, 6.07) is 0.260. The highest BCUT2D eigenvalue weighted by Crippen LogP contribution is 2.14. The van der Waals surface area contributed by atoms with E-state index in [1.54, 1.807) is 6.92 Å². The molecule has 6 nitrogen and oxygen atoms in total.